The third-order valence-electron chi connectivity index (χ3n) is 4.67. The van der Waals surface area contributed by atoms with Gasteiger partial charge in [-0.1, -0.05) is 41.5 Å². The zero-order valence-corrected chi connectivity index (χ0v) is 18.4. The molecule has 8 heteroatoms. The molecule has 3 rings (SSSR count). The van der Waals surface area contributed by atoms with E-state index in [-0.39, 0.29) is 16.9 Å². The maximum atomic E-state index is 13.4. The van der Waals surface area contributed by atoms with Gasteiger partial charge < -0.3 is 9.15 Å². The number of hydrogen-bond acceptors (Lipinski definition) is 5. The summed E-state index contributed by atoms with van der Waals surface area (Å²) in [6.07, 6.45) is -4.56. The molecule has 0 amide bonds. The summed E-state index contributed by atoms with van der Waals surface area (Å²) in [5, 5.41) is 0.312. The molecule has 0 radical (unpaired) electrons. The van der Waals surface area contributed by atoms with E-state index in [0.717, 1.165) is 6.07 Å². The molecule has 5 nitrogen and oxygen atoms in total. The van der Waals surface area contributed by atoms with Crippen molar-refractivity contribution in [1.29, 1.82) is 0 Å². The lowest BCUT2D eigenvalue weighted by molar-refractivity contribution is -0.141. The normalized spacial score (nSPS) is 13.2. The zero-order valence-electron chi connectivity index (χ0n) is 18.4. The van der Waals surface area contributed by atoms with E-state index in [2.05, 4.69) is 15.0 Å². The predicted molar refractivity (Wildman–Crippen MR) is 109 cm³/mol. The SMILES string of the molecule is COc1c(C)nc(-c2cc3cc(C(F)(F)F)nc(C(C)(C)C)c3o2)nc1C(C)(C)C. The summed E-state index contributed by atoms with van der Waals surface area (Å²) in [5.74, 6) is 1.16. The Hall–Kier alpha value is -2.64. The molecule has 0 fully saturated rings. The molecule has 0 bridgehead atoms. The average molecular weight is 421 g/mol. The van der Waals surface area contributed by atoms with Crippen molar-refractivity contribution in [2.24, 2.45) is 0 Å². The molecule has 0 unspecified atom stereocenters. The Morgan fingerprint density at radius 2 is 1.47 bits per heavy atom. The van der Waals surface area contributed by atoms with Gasteiger partial charge in [0, 0.05) is 16.2 Å². The summed E-state index contributed by atoms with van der Waals surface area (Å²) in [4.78, 5) is 13.0. The Kier molecular flexibility index (Phi) is 5.12. The molecule has 0 N–H and O–H groups in total. The smallest absolute Gasteiger partial charge is 0.433 e. The van der Waals surface area contributed by atoms with Gasteiger partial charge in [-0.2, -0.15) is 13.2 Å². The summed E-state index contributed by atoms with van der Waals surface area (Å²) >= 11 is 0. The maximum absolute atomic E-state index is 13.4. The van der Waals surface area contributed by atoms with Crippen LogP contribution in [0.15, 0.2) is 16.5 Å². The molecule has 3 heterocycles. The van der Waals surface area contributed by atoms with Gasteiger partial charge in [0.15, 0.2) is 22.9 Å². The third kappa shape index (κ3) is 4.00. The van der Waals surface area contributed by atoms with Crippen molar-refractivity contribution in [3.05, 3.63) is 34.9 Å². The third-order valence-corrected chi connectivity index (χ3v) is 4.67. The van der Waals surface area contributed by atoms with Crippen LogP contribution in [0.25, 0.3) is 22.6 Å². The lowest BCUT2D eigenvalue weighted by Crippen LogP contribution is -2.18. The number of pyridine rings is 1. The number of fused-ring (bicyclic) bond motifs is 1. The van der Waals surface area contributed by atoms with Crippen molar-refractivity contribution >= 4 is 11.0 Å². The van der Waals surface area contributed by atoms with Crippen molar-refractivity contribution in [1.82, 2.24) is 15.0 Å². The van der Waals surface area contributed by atoms with E-state index < -0.39 is 17.3 Å². The minimum absolute atomic E-state index is 0.236. The van der Waals surface area contributed by atoms with E-state index >= 15 is 0 Å². The van der Waals surface area contributed by atoms with Crippen molar-refractivity contribution in [2.75, 3.05) is 7.11 Å². The molecular weight excluding hydrogens is 395 g/mol. The summed E-state index contributed by atoms with van der Waals surface area (Å²) < 4.78 is 51.7. The standard InChI is InChI=1S/C22H26F3N3O2/c1-11-15(29-8)17(20(2,3)4)28-19(26-11)13-9-12-10-14(22(23,24)25)27-18(16(12)30-13)21(5,6)7/h9-10H,1-8H3. The van der Waals surface area contributed by atoms with Crippen molar-refractivity contribution < 1.29 is 22.3 Å². The van der Waals surface area contributed by atoms with Gasteiger partial charge >= 0.3 is 6.18 Å². The van der Waals surface area contributed by atoms with Crippen LogP contribution in [-0.2, 0) is 17.0 Å². The first-order valence-corrected chi connectivity index (χ1v) is 9.58. The second kappa shape index (κ2) is 6.96. The van der Waals surface area contributed by atoms with Crippen LogP contribution < -0.4 is 4.74 Å². The van der Waals surface area contributed by atoms with Crippen LogP contribution in [0.2, 0.25) is 0 Å². The first-order valence-electron chi connectivity index (χ1n) is 9.58. The number of rotatable bonds is 2. The van der Waals surface area contributed by atoms with E-state index in [1.54, 1.807) is 34.8 Å². The van der Waals surface area contributed by atoms with E-state index in [1.165, 1.54) is 6.07 Å². The van der Waals surface area contributed by atoms with Gasteiger partial charge in [-0.05, 0) is 19.1 Å². The van der Waals surface area contributed by atoms with E-state index in [9.17, 15) is 13.2 Å². The number of aromatic nitrogens is 3. The topological polar surface area (TPSA) is 61.0 Å². The van der Waals surface area contributed by atoms with Crippen LogP contribution in [0.3, 0.4) is 0 Å². The molecule has 3 aromatic rings. The molecule has 0 aliphatic carbocycles. The zero-order chi connectivity index (χ0) is 22.6. The number of methoxy groups -OCH3 is 1. The van der Waals surface area contributed by atoms with Gasteiger partial charge in [-0.15, -0.1) is 0 Å². The van der Waals surface area contributed by atoms with Crippen LogP contribution in [0.4, 0.5) is 13.2 Å². The summed E-state index contributed by atoms with van der Waals surface area (Å²) in [6.45, 7) is 13.2. The van der Waals surface area contributed by atoms with Gasteiger partial charge in [0.05, 0.1) is 24.2 Å². The lowest BCUT2D eigenvalue weighted by atomic mass is 9.90. The van der Waals surface area contributed by atoms with Crippen LogP contribution in [-0.4, -0.2) is 22.1 Å². The number of halogens is 3. The molecule has 0 aliphatic rings. The molecule has 0 aromatic carbocycles. The average Bonchev–Trinajstić information content (AvgIpc) is 3.01. The van der Waals surface area contributed by atoms with E-state index in [4.69, 9.17) is 9.15 Å². The molecule has 0 saturated heterocycles. The molecule has 0 saturated carbocycles. The Labute approximate surface area is 173 Å². The Morgan fingerprint density at radius 1 is 0.867 bits per heavy atom. The number of aryl methyl sites for hydroxylation is 1. The highest BCUT2D eigenvalue weighted by molar-refractivity contribution is 5.84. The highest BCUT2D eigenvalue weighted by Crippen LogP contribution is 2.39. The highest BCUT2D eigenvalue weighted by Gasteiger charge is 2.36. The molecule has 0 aliphatic heterocycles. The summed E-state index contributed by atoms with van der Waals surface area (Å²) in [5.41, 5.74) is -0.0751. The van der Waals surface area contributed by atoms with Gasteiger partial charge in [0.25, 0.3) is 0 Å². The first-order chi connectivity index (χ1) is 13.6. The molecule has 30 heavy (non-hydrogen) atoms. The van der Waals surface area contributed by atoms with Gasteiger partial charge in [-0.3, -0.25) is 0 Å². The minimum atomic E-state index is -4.56. The number of nitrogens with zero attached hydrogens (tertiary/aromatic N) is 3. The fraction of sp³-hybridized carbons (Fsp3) is 0.500. The van der Waals surface area contributed by atoms with Crippen LogP contribution in [0.5, 0.6) is 5.75 Å². The summed E-state index contributed by atoms with van der Waals surface area (Å²) in [6, 6.07) is 2.54. The monoisotopic (exact) mass is 421 g/mol. The fourth-order valence-corrected chi connectivity index (χ4v) is 3.24. The second-order valence-electron chi connectivity index (χ2n) is 9.40. The summed E-state index contributed by atoms with van der Waals surface area (Å²) in [7, 11) is 1.56. The predicted octanol–water partition coefficient (Wildman–Crippen LogP) is 6.22. The molecule has 0 atom stereocenters. The largest absolute Gasteiger partial charge is 0.493 e. The van der Waals surface area contributed by atoms with Gasteiger partial charge in [0.1, 0.15) is 5.69 Å². The van der Waals surface area contributed by atoms with Gasteiger partial charge in [0.2, 0.25) is 0 Å². The number of alkyl halides is 3. The molecular formula is C22H26F3N3O2. The number of hydrogen-bond donors (Lipinski definition) is 0. The van der Waals surface area contributed by atoms with Crippen molar-refractivity contribution in [2.45, 2.75) is 65.5 Å². The van der Waals surface area contributed by atoms with Crippen LogP contribution in [0.1, 0.15) is 64.3 Å². The van der Waals surface area contributed by atoms with E-state index in [0.29, 0.717) is 33.9 Å². The second-order valence-corrected chi connectivity index (χ2v) is 9.40. The Morgan fingerprint density at radius 3 is 1.97 bits per heavy atom. The van der Waals surface area contributed by atoms with Crippen molar-refractivity contribution in [3.8, 4) is 17.3 Å². The lowest BCUT2D eigenvalue weighted by Gasteiger charge is -2.22. The number of ether oxygens (including phenoxy) is 1. The Bertz CT molecular complexity index is 1100. The van der Waals surface area contributed by atoms with Crippen LogP contribution in [0, 0.1) is 6.92 Å². The highest BCUT2D eigenvalue weighted by atomic mass is 19.4. The molecule has 3 aromatic heterocycles. The van der Waals surface area contributed by atoms with Crippen LogP contribution >= 0.6 is 0 Å². The first kappa shape index (κ1) is 22.1. The molecule has 162 valence electrons. The Balaban J connectivity index is 2.30. The fourth-order valence-electron chi connectivity index (χ4n) is 3.24. The van der Waals surface area contributed by atoms with Gasteiger partial charge in [-0.25, -0.2) is 15.0 Å². The minimum Gasteiger partial charge on any atom is -0.493 e. The maximum Gasteiger partial charge on any atom is 0.433 e. The quantitative estimate of drug-likeness (QED) is 0.492. The van der Waals surface area contributed by atoms with Crippen molar-refractivity contribution in [3.63, 3.8) is 0 Å². The molecule has 0 spiro atoms. The number of furan rings is 1. The van der Waals surface area contributed by atoms with E-state index in [1.807, 2.05) is 20.8 Å².